The topological polar surface area (TPSA) is 69.9 Å². The molecular formula is C17H24Cl2N4O2. The molecule has 0 unspecified atom stereocenters. The van der Waals surface area contributed by atoms with E-state index in [9.17, 15) is 4.79 Å². The maximum Gasteiger partial charge on any atom is 0.305 e. The number of carbonyl (C=O) groups excluding carboxylic acids is 1. The van der Waals surface area contributed by atoms with E-state index in [1.807, 2.05) is 6.92 Å². The Morgan fingerprint density at radius 2 is 1.64 bits per heavy atom. The van der Waals surface area contributed by atoms with Gasteiger partial charge in [0.15, 0.2) is 10.8 Å². The number of hydrogen-bond donors (Lipinski definition) is 0. The van der Waals surface area contributed by atoms with Crippen molar-refractivity contribution in [1.29, 1.82) is 0 Å². The monoisotopic (exact) mass is 386 g/mol. The molecule has 0 aromatic carbocycles. The molecule has 0 aliphatic rings. The molecule has 138 valence electrons. The average molecular weight is 387 g/mol. The molecule has 0 amide bonds. The van der Waals surface area contributed by atoms with Gasteiger partial charge in [-0.1, -0.05) is 43.7 Å². The lowest BCUT2D eigenvalue weighted by atomic mass is 10.1. The van der Waals surface area contributed by atoms with Crippen molar-refractivity contribution in [3.05, 3.63) is 16.3 Å². The number of hydrogen-bond acceptors (Lipinski definition) is 5. The number of rotatable bonds is 10. The fourth-order valence-electron chi connectivity index (χ4n) is 2.88. The molecule has 0 spiro atoms. The highest BCUT2D eigenvalue weighted by molar-refractivity contribution is 6.35. The van der Waals surface area contributed by atoms with Gasteiger partial charge in [0.1, 0.15) is 11.3 Å². The third-order valence-corrected chi connectivity index (χ3v) is 4.65. The Morgan fingerprint density at radius 3 is 2.32 bits per heavy atom. The van der Waals surface area contributed by atoms with Gasteiger partial charge < -0.3 is 9.30 Å². The first-order valence-electron chi connectivity index (χ1n) is 8.65. The molecule has 0 N–H and O–H groups in total. The van der Waals surface area contributed by atoms with E-state index in [1.165, 1.54) is 20.0 Å². The van der Waals surface area contributed by atoms with Crippen molar-refractivity contribution in [3.8, 4) is 0 Å². The minimum absolute atomic E-state index is 0.119. The van der Waals surface area contributed by atoms with E-state index in [4.69, 9.17) is 23.2 Å². The van der Waals surface area contributed by atoms with Crippen LogP contribution in [0.15, 0.2) is 0 Å². The van der Waals surface area contributed by atoms with Crippen molar-refractivity contribution in [3.63, 3.8) is 0 Å². The van der Waals surface area contributed by atoms with E-state index in [0.29, 0.717) is 17.2 Å². The Bertz CT molecular complexity index is 718. The number of methoxy groups -OCH3 is 1. The normalized spacial score (nSPS) is 11.2. The van der Waals surface area contributed by atoms with Crippen molar-refractivity contribution in [1.82, 2.24) is 19.5 Å². The first-order valence-corrected chi connectivity index (χ1v) is 9.41. The zero-order chi connectivity index (χ0) is 18.2. The van der Waals surface area contributed by atoms with E-state index < -0.39 is 0 Å². The third kappa shape index (κ3) is 5.82. The molecule has 0 radical (unpaired) electrons. The number of unbranched alkanes of at least 4 members (excludes halogenated alkanes) is 6. The lowest BCUT2D eigenvalue weighted by Gasteiger charge is -2.07. The van der Waals surface area contributed by atoms with Crippen molar-refractivity contribution >= 4 is 40.3 Å². The minimum Gasteiger partial charge on any atom is -0.469 e. The van der Waals surface area contributed by atoms with Crippen molar-refractivity contribution in [2.45, 2.75) is 64.8 Å². The largest absolute Gasteiger partial charge is 0.469 e. The summed E-state index contributed by atoms with van der Waals surface area (Å²) in [4.78, 5) is 23.6. The fourth-order valence-corrected chi connectivity index (χ4v) is 3.35. The summed E-state index contributed by atoms with van der Waals surface area (Å²) in [6.07, 6.45) is 8.22. The molecule has 0 aliphatic heterocycles. The average Bonchev–Trinajstić information content (AvgIpc) is 2.88. The predicted octanol–water partition coefficient (Wildman–Crippen LogP) is 4.74. The van der Waals surface area contributed by atoms with Crippen LogP contribution in [-0.4, -0.2) is 32.6 Å². The first kappa shape index (κ1) is 19.9. The Labute approximate surface area is 157 Å². The summed E-state index contributed by atoms with van der Waals surface area (Å²) in [7, 11) is 1.43. The molecular weight excluding hydrogens is 363 g/mol. The number of esters is 1. The van der Waals surface area contributed by atoms with E-state index >= 15 is 0 Å². The summed E-state index contributed by atoms with van der Waals surface area (Å²) >= 11 is 12.0. The number of carbonyl (C=O) groups is 1. The van der Waals surface area contributed by atoms with Gasteiger partial charge >= 0.3 is 5.97 Å². The number of nitrogens with zero attached hydrogens (tertiary/aromatic N) is 4. The summed E-state index contributed by atoms with van der Waals surface area (Å²) in [6, 6.07) is 0. The van der Waals surface area contributed by atoms with Gasteiger partial charge in [-0.25, -0.2) is 9.97 Å². The van der Waals surface area contributed by atoms with Crippen LogP contribution in [0.1, 0.15) is 57.2 Å². The van der Waals surface area contributed by atoms with Crippen molar-refractivity contribution in [2.75, 3.05) is 7.11 Å². The highest BCUT2D eigenvalue weighted by Gasteiger charge is 2.14. The van der Waals surface area contributed by atoms with E-state index in [1.54, 1.807) is 0 Å². The first-order chi connectivity index (χ1) is 12.0. The van der Waals surface area contributed by atoms with Gasteiger partial charge in [0.25, 0.3) is 0 Å². The van der Waals surface area contributed by atoms with Crippen LogP contribution in [0.5, 0.6) is 0 Å². The van der Waals surface area contributed by atoms with E-state index in [0.717, 1.165) is 50.0 Å². The molecule has 0 fully saturated rings. The van der Waals surface area contributed by atoms with Gasteiger partial charge in [0.05, 0.1) is 7.11 Å². The van der Waals surface area contributed by atoms with Gasteiger partial charge in [-0.2, -0.15) is 4.98 Å². The molecule has 2 rings (SSSR count). The summed E-state index contributed by atoms with van der Waals surface area (Å²) in [6.45, 7) is 2.78. The van der Waals surface area contributed by atoms with Gasteiger partial charge in [0, 0.05) is 13.0 Å². The van der Waals surface area contributed by atoms with Crippen LogP contribution < -0.4 is 0 Å². The molecule has 0 aliphatic carbocycles. The standard InChI is InChI=1S/C17H24Cl2N4O2/c1-12-20-16-14(15(18)21-17(19)22-16)23(12)11-9-7-5-3-4-6-8-10-13(24)25-2/h3-11H2,1-2H3. The van der Waals surface area contributed by atoms with Crippen LogP contribution in [0, 0.1) is 6.92 Å². The summed E-state index contributed by atoms with van der Waals surface area (Å²) in [5.41, 5.74) is 1.31. The quantitative estimate of drug-likeness (QED) is 0.255. The summed E-state index contributed by atoms with van der Waals surface area (Å²) in [5, 5.41) is 0.468. The van der Waals surface area contributed by atoms with Crippen LogP contribution in [-0.2, 0) is 16.1 Å². The number of fused-ring (bicyclic) bond motifs is 1. The highest BCUT2D eigenvalue weighted by atomic mass is 35.5. The van der Waals surface area contributed by atoms with Crippen LogP contribution >= 0.6 is 23.2 Å². The highest BCUT2D eigenvalue weighted by Crippen LogP contribution is 2.24. The summed E-state index contributed by atoms with van der Waals surface area (Å²) < 4.78 is 6.69. The predicted molar refractivity (Wildman–Crippen MR) is 99.0 cm³/mol. The summed E-state index contributed by atoms with van der Waals surface area (Å²) in [5.74, 6) is 0.753. The maximum absolute atomic E-state index is 11.0. The van der Waals surface area contributed by atoms with Gasteiger partial charge in [-0.05, 0) is 31.4 Å². The van der Waals surface area contributed by atoms with Crippen molar-refractivity contribution < 1.29 is 9.53 Å². The Kier molecular flexibility index (Phi) is 7.90. The van der Waals surface area contributed by atoms with Crippen LogP contribution in [0.3, 0.4) is 0 Å². The second kappa shape index (κ2) is 9.92. The van der Waals surface area contributed by atoms with E-state index in [2.05, 4.69) is 24.3 Å². The number of aromatic nitrogens is 4. The van der Waals surface area contributed by atoms with Crippen molar-refractivity contribution in [2.24, 2.45) is 0 Å². The minimum atomic E-state index is -0.119. The lowest BCUT2D eigenvalue weighted by Crippen LogP contribution is -2.02. The Hall–Kier alpha value is -1.40. The smallest absolute Gasteiger partial charge is 0.305 e. The van der Waals surface area contributed by atoms with Crippen LogP contribution in [0.4, 0.5) is 0 Å². The van der Waals surface area contributed by atoms with Gasteiger partial charge in [-0.3, -0.25) is 4.79 Å². The Morgan fingerprint density at radius 1 is 1.00 bits per heavy atom. The molecule has 8 heteroatoms. The molecule has 0 bridgehead atoms. The molecule has 2 heterocycles. The molecule has 2 aromatic heterocycles. The molecule has 25 heavy (non-hydrogen) atoms. The number of aryl methyl sites for hydroxylation is 2. The van der Waals surface area contributed by atoms with Gasteiger partial charge in [-0.15, -0.1) is 0 Å². The number of ether oxygens (including phenoxy) is 1. The molecule has 2 aromatic rings. The number of imidazole rings is 1. The zero-order valence-electron chi connectivity index (χ0n) is 14.7. The van der Waals surface area contributed by atoms with Crippen LogP contribution in [0.25, 0.3) is 11.2 Å². The fraction of sp³-hybridized carbons (Fsp3) is 0.647. The lowest BCUT2D eigenvalue weighted by molar-refractivity contribution is -0.140. The van der Waals surface area contributed by atoms with E-state index in [-0.39, 0.29) is 11.3 Å². The number of halogens is 2. The Balaban J connectivity index is 1.70. The van der Waals surface area contributed by atoms with Gasteiger partial charge in [0.2, 0.25) is 5.28 Å². The zero-order valence-corrected chi connectivity index (χ0v) is 16.2. The molecule has 0 saturated carbocycles. The van der Waals surface area contributed by atoms with Crippen LogP contribution in [0.2, 0.25) is 10.4 Å². The SMILES string of the molecule is COC(=O)CCCCCCCCCn1c(C)nc2nc(Cl)nc(Cl)c21. The second-order valence-electron chi connectivity index (χ2n) is 6.07. The molecule has 0 saturated heterocycles. The second-order valence-corrected chi connectivity index (χ2v) is 6.76. The maximum atomic E-state index is 11.0. The molecule has 0 atom stereocenters. The molecule has 6 nitrogen and oxygen atoms in total. The third-order valence-electron chi connectivity index (χ3n) is 4.21.